The van der Waals surface area contributed by atoms with Crippen LogP contribution in [0.2, 0.25) is 5.02 Å². The van der Waals surface area contributed by atoms with Crippen molar-refractivity contribution in [2.24, 2.45) is 17.8 Å². The number of hydrogen-bond donors (Lipinski definition) is 0. The minimum absolute atomic E-state index is 0.0634. The molecule has 8 nitrogen and oxygen atoms in total. The molecule has 0 radical (unpaired) electrons. The first kappa shape index (κ1) is 28.7. The Kier molecular flexibility index (Phi) is 7.99. The normalized spacial score (nSPS) is 22.6. The maximum Gasteiger partial charge on any atom is 0.410 e. The maximum atomic E-state index is 14.9. The van der Waals surface area contributed by atoms with E-state index >= 15 is 0 Å². The smallest absolute Gasteiger partial charge is 0.410 e. The van der Waals surface area contributed by atoms with Gasteiger partial charge in [0.2, 0.25) is 11.9 Å². The molecule has 42 heavy (non-hydrogen) atoms. The van der Waals surface area contributed by atoms with E-state index in [9.17, 15) is 22.4 Å². The number of fused-ring (bicyclic) bond motifs is 1. The van der Waals surface area contributed by atoms with Gasteiger partial charge in [-0.3, -0.25) is 9.69 Å². The zero-order valence-electron chi connectivity index (χ0n) is 22.8. The average Bonchev–Trinajstić information content (AvgIpc) is 3.57. The predicted molar refractivity (Wildman–Crippen MR) is 148 cm³/mol. The average molecular weight is 607 g/mol. The van der Waals surface area contributed by atoms with E-state index in [2.05, 4.69) is 20.0 Å². The van der Waals surface area contributed by atoms with Crippen molar-refractivity contribution < 1.29 is 27.1 Å². The third-order valence-electron chi connectivity index (χ3n) is 8.66. The van der Waals surface area contributed by atoms with Crippen molar-refractivity contribution in [2.75, 3.05) is 36.0 Å². The quantitative estimate of drug-likeness (QED) is 0.299. The lowest BCUT2D eigenvalue weighted by Gasteiger charge is -2.34. The van der Waals surface area contributed by atoms with E-state index in [-0.39, 0.29) is 30.8 Å². The van der Waals surface area contributed by atoms with Crippen LogP contribution in [-0.4, -0.2) is 58.1 Å². The number of alkyl halides is 3. The van der Waals surface area contributed by atoms with Crippen molar-refractivity contribution in [3.05, 3.63) is 59.3 Å². The number of anilines is 2. The Hall–Kier alpha value is -3.41. The highest BCUT2D eigenvalue weighted by molar-refractivity contribution is 6.30. The minimum Gasteiger partial charge on any atom is -0.493 e. The van der Waals surface area contributed by atoms with Gasteiger partial charge >= 0.3 is 6.18 Å². The molecule has 0 N–H and O–H groups in total. The standard InChI is InChI=1S/C29H31ClF4N6O2/c30-21-16-35-28(36-17-21)38-9-4-18(5-10-38)23-13-19(23)7-12-42-22-2-1-20(24(31)15-22)14-27(41)39-11-6-25(29(32,33)34)40-26(39)3-8-37-40/h1-3,8,15-19,23,25H,4-7,9-14H2/t19-,23-,25?/m1/s1. The third kappa shape index (κ3) is 6.18. The lowest BCUT2D eigenvalue weighted by molar-refractivity contribution is -0.172. The lowest BCUT2D eigenvalue weighted by Crippen LogP contribution is -2.43. The second kappa shape index (κ2) is 11.7. The molecule has 2 aromatic heterocycles. The SMILES string of the molecule is O=C(Cc1ccc(OCC[C@@H]2C[C@@H]2C2CCN(c3ncc(Cl)cn3)CC2)cc1F)N1CCC(C(F)(F)F)n2nccc21. The number of halogens is 5. The van der Waals surface area contributed by atoms with Crippen LogP contribution < -0.4 is 14.5 Å². The van der Waals surface area contributed by atoms with Gasteiger partial charge in [0.25, 0.3) is 0 Å². The molecule has 2 aliphatic heterocycles. The van der Waals surface area contributed by atoms with Gasteiger partial charge in [-0.15, -0.1) is 0 Å². The molecule has 1 aliphatic carbocycles. The van der Waals surface area contributed by atoms with E-state index in [0.29, 0.717) is 35.1 Å². The van der Waals surface area contributed by atoms with Crippen LogP contribution in [0.1, 0.15) is 43.7 Å². The summed E-state index contributed by atoms with van der Waals surface area (Å²) in [5, 5.41) is 4.30. The Morgan fingerprint density at radius 2 is 1.83 bits per heavy atom. The van der Waals surface area contributed by atoms with Crippen molar-refractivity contribution >= 4 is 29.3 Å². The molecule has 3 aromatic rings. The molecule has 4 heterocycles. The van der Waals surface area contributed by atoms with Crippen molar-refractivity contribution in [1.29, 1.82) is 0 Å². The first-order chi connectivity index (χ1) is 20.2. The molecule has 1 unspecified atom stereocenters. The first-order valence-corrected chi connectivity index (χ1v) is 14.6. The fourth-order valence-electron chi connectivity index (χ4n) is 6.33. The fraction of sp³-hybridized carbons (Fsp3) is 0.517. The number of piperidine rings is 1. The number of hydrogen-bond acceptors (Lipinski definition) is 6. The zero-order valence-corrected chi connectivity index (χ0v) is 23.6. The highest BCUT2D eigenvalue weighted by Crippen LogP contribution is 2.50. The van der Waals surface area contributed by atoms with Crippen LogP contribution in [0.15, 0.2) is 42.9 Å². The number of amides is 1. The van der Waals surface area contributed by atoms with Gasteiger partial charge in [0.05, 0.1) is 36.6 Å². The number of carbonyl (C=O) groups is 1. The molecule has 0 spiro atoms. The van der Waals surface area contributed by atoms with E-state index in [1.165, 1.54) is 35.7 Å². The molecule has 3 aliphatic rings. The van der Waals surface area contributed by atoms with Crippen LogP contribution in [-0.2, 0) is 11.2 Å². The first-order valence-electron chi connectivity index (χ1n) is 14.2. The van der Waals surface area contributed by atoms with Crippen molar-refractivity contribution in [3.8, 4) is 5.75 Å². The molecule has 13 heteroatoms. The molecule has 6 rings (SSSR count). The van der Waals surface area contributed by atoms with Gasteiger partial charge in [0.15, 0.2) is 6.04 Å². The summed E-state index contributed by atoms with van der Waals surface area (Å²) in [5.74, 6) is 2.06. The van der Waals surface area contributed by atoms with Gasteiger partial charge in [-0.2, -0.15) is 18.3 Å². The predicted octanol–water partition coefficient (Wildman–Crippen LogP) is 5.87. The Morgan fingerprint density at radius 1 is 1.07 bits per heavy atom. The topological polar surface area (TPSA) is 76.4 Å². The molecule has 1 saturated heterocycles. The summed E-state index contributed by atoms with van der Waals surface area (Å²) in [4.78, 5) is 25.0. The second-order valence-electron chi connectivity index (χ2n) is 11.3. The van der Waals surface area contributed by atoms with Crippen LogP contribution in [0.4, 0.5) is 29.3 Å². The fourth-order valence-corrected chi connectivity index (χ4v) is 6.43. The van der Waals surface area contributed by atoms with Crippen molar-refractivity contribution in [2.45, 2.75) is 50.7 Å². The number of ether oxygens (including phenoxy) is 1. The largest absolute Gasteiger partial charge is 0.493 e. The Labute approximate surface area is 245 Å². The molecular weight excluding hydrogens is 576 g/mol. The zero-order chi connectivity index (χ0) is 29.4. The summed E-state index contributed by atoms with van der Waals surface area (Å²) in [5.41, 5.74) is 0.161. The summed E-state index contributed by atoms with van der Waals surface area (Å²) in [6, 6.07) is 3.98. The van der Waals surface area contributed by atoms with E-state index in [1.54, 1.807) is 18.5 Å². The summed E-state index contributed by atoms with van der Waals surface area (Å²) >= 11 is 5.89. The number of carbonyl (C=O) groups excluding carboxylic acids is 1. The molecule has 2 fully saturated rings. The number of benzene rings is 1. The summed E-state index contributed by atoms with van der Waals surface area (Å²) < 4.78 is 61.6. The van der Waals surface area contributed by atoms with Gasteiger partial charge < -0.3 is 9.64 Å². The van der Waals surface area contributed by atoms with E-state index in [4.69, 9.17) is 16.3 Å². The third-order valence-corrected chi connectivity index (χ3v) is 8.86. The summed E-state index contributed by atoms with van der Waals surface area (Å²) in [6.45, 7) is 2.22. The van der Waals surface area contributed by atoms with Gasteiger partial charge in [0.1, 0.15) is 17.4 Å². The van der Waals surface area contributed by atoms with Crippen LogP contribution in [0.3, 0.4) is 0 Å². The molecule has 3 atom stereocenters. The maximum absolute atomic E-state index is 14.9. The van der Waals surface area contributed by atoms with Crippen molar-refractivity contribution in [1.82, 2.24) is 19.7 Å². The van der Waals surface area contributed by atoms with Gasteiger partial charge in [0, 0.05) is 31.8 Å². The highest BCUT2D eigenvalue weighted by Gasteiger charge is 2.46. The van der Waals surface area contributed by atoms with Gasteiger partial charge in [-0.25, -0.2) is 19.0 Å². The minimum atomic E-state index is -4.47. The number of aromatic nitrogens is 4. The molecule has 224 valence electrons. The summed E-state index contributed by atoms with van der Waals surface area (Å²) in [7, 11) is 0. The van der Waals surface area contributed by atoms with Crippen molar-refractivity contribution in [3.63, 3.8) is 0 Å². The Morgan fingerprint density at radius 3 is 2.55 bits per heavy atom. The van der Waals surface area contributed by atoms with Crippen LogP contribution in [0.25, 0.3) is 0 Å². The monoisotopic (exact) mass is 606 g/mol. The van der Waals surface area contributed by atoms with E-state index in [1.807, 2.05) is 0 Å². The number of rotatable bonds is 8. The van der Waals surface area contributed by atoms with Crippen LogP contribution >= 0.6 is 11.6 Å². The molecule has 1 aromatic carbocycles. The lowest BCUT2D eigenvalue weighted by atomic mass is 9.90. The van der Waals surface area contributed by atoms with Gasteiger partial charge in [-0.1, -0.05) is 17.7 Å². The van der Waals surface area contributed by atoms with E-state index in [0.717, 1.165) is 43.0 Å². The molecule has 0 bridgehead atoms. The Bertz CT molecular complexity index is 1410. The van der Waals surface area contributed by atoms with Crippen LogP contribution in [0, 0.1) is 23.6 Å². The molecule has 1 saturated carbocycles. The van der Waals surface area contributed by atoms with E-state index < -0.39 is 23.9 Å². The molecular formula is C29H31ClF4N6O2. The number of nitrogens with zero attached hydrogens (tertiary/aromatic N) is 6. The van der Waals surface area contributed by atoms with Crippen LogP contribution in [0.5, 0.6) is 5.75 Å². The second-order valence-corrected chi connectivity index (χ2v) is 11.7. The summed E-state index contributed by atoms with van der Waals surface area (Å²) in [6.07, 6.45) is 3.70. The van der Waals surface area contributed by atoms with Gasteiger partial charge in [-0.05, 0) is 61.5 Å². The Balaban J connectivity index is 0.952. The molecule has 1 amide bonds. The highest BCUT2D eigenvalue weighted by atomic mass is 35.5.